The molecule has 20 heavy (non-hydrogen) atoms. The van der Waals surface area contributed by atoms with Crippen LogP contribution in [-0.4, -0.2) is 8.42 Å². The van der Waals surface area contributed by atoms with Crippen molar-refractivity contribution in [1.29, 1.82) is 0 Å². The van der Waals surface area contributed by atoms with Crippen LogP contribution in [0.3, 0.4) is 0 Å². The molecule has 2 aromatic carbocycles. The van der Waals surface area contributed by atoms with Crippen molar-refractivity contribution in [3.8, 4) is 0 Å². The molecule has 6 heteroatoms. The molecule has 0 unspecified atom stereocenters. The summed E-state index contributed by atoms with van der Waals surface area (Å²) < 4.78 is 40.2. The first-order valence-corrected chi connectivity index (χ1v) is 8.16. The smallest absolute Gasteiger partial charge is 0.207 e. The molecule has 2 aromatic rings. The topological polar surface area (TPSA) is 46.2 Å². The number of sulfonamides is 1. The number of aryl methyl sites for hydroxylation is 1. The van der Waals surface area contributed by atoms with Gasteiger partial charge in [-0.3, -0.25) is 0 Å². The van der Waals surface area contributed by atoms with Crippen molar-refractivity contribution in [2.45, 2.75) is 18.4 Å². The maximum atomic E-state index is 13.4. The van der Waals surface area contributed by atoms with E-state index in [1.807, 2.05) is 31.2 Å². The van der Waals surface area contributed by atoms with Gasteiger partial charge in [0.15, 0.2) is 0 Å². The van der Waals surface area contributed by atoms with E-state index in [9.17, 15) is 12.8 Å². The van der Waals surface area contributed by atoms with Gasteiger partial charge in [0, 0.05) is 6.54 Å². The van der Waals surface area contributed by atoms with Gasteiger partial charge in [-0.15, -0.1) is 0 Å². The molecule has 0 saturated heterocycles. The third-order valence-electron chi connectivity index (χ3n) is 2.75. The van der Waals surface area contributed by atoms with Crippen LogP contribution in [0, 0.1) is 12.7 Å². The van der Waals surface area contributed by atoms with Gasteiger partial charge < -0.3 is 0 Å². The minimum absolute atomic E-state index is 0.0918. The molecule has 0 radical (unpaired) electrons. The highest BCUT2D eigenvalue weighted by Gasteiger charge is 2.15. The van der Waals surface area contributed by atoms with Crippen molar-refractivity contribution in [3.63, 3.8) is 0 Å². The van der Waals surface area contributed by atoms with Gasteiger partial charge in [-0.25, -0.2) is 17.5 Å². The van der Waals surface area contributed by atoms with Crippen molar-refractivity contribution < 1.29 is 12.8 Å². The third kappa shape index (κ3) is 3.65. The Hall–Kier alpha value is -1.24. The van der Waals surface area contributed by atoms with Crippen LogP contribution in [0.1, 0.15) is 11.1 Å². The summed E-state index contributed by atoms with van der Waals surface area (Å²) in [5, 5.41) is 0. The Kier molecular flexibility index (Phi) is 4.57. The molecular weight excluding hydrogens is 345 g/mol. The van der Waals surface area contributed by atoms with E-state index in [4.69, 9.17) is 0 Å². The summed E-state index contributed by atoms with van der Waals surface area (Å²) >= 11 is 2.99. The van der Waals surface area contributed by atoms with Gasteiger partial charge >= 0.3 is 0 Å². The van der Waals surface area contributed by atoms with E-state index >= 15 is 0 Å². The SMILES string of the molecule is Cc1cccc(CNS(=O)(=O)c2ccc(Br)c(F)c2)c1. The molecule has 0 heterocycles. The van der Waals surface area contributed by atoms with Gasteiger partial charge in [0.05, 0.1) is 9.37 Å². The molecule has 0 aliphatic carbocycles. The Labute approximate surface area is 126 Å². The summed E-state index contributed by atoms with van der Waals surface area (Å²) in [5.74, 6) is -0.608. The Bertz CT molecular complexity index is 732. The maximum Gasteiger partial charge on any atom is 0.240 e. The number of rotatable bonds is 4. The van der Waals surface area contributed by atoms with Crippen LogP contribution in [0.2, 0.25) is 0 Å². The van der Waals surface area contributed by atoms with E-state index in [-0.39, 0.29) is 15.9 Å². The Morgan fingerprint density at radius 2 is 1.95 bits per heavy atom. The fraction of sp³-hybridized carbons (Fsp3) is 0.143. The molecule has 0 bridgehead atoms. The number of benzene rings is 2. The van der Waals surface area contributed by atoms with Crippen LogP contribution in [0.5, 0.6) is 0 Å². The zero-order chi connectivity index (χ0) is 14.8. The average molecular weight is 358 g/mol. The normalized spacial score (nSPS) is 11.6. The predicted octanol–water partition coefficient (Wildman–Crippen LogP) is 3.38. The second kappa shape index (κ2) is 6.03. The average Bonchev–Trinajstić information content (AvgIpc) is 2.40. The van der Waals surface area contributed by atoms with E-state index < -0.39 is 15.8 Å². The summed E-state index contributed by atoms with van der Waals surface area (Å²) in [6.07, 6.45) is 0. The number of hydrogen-bond acceptors (Lipinski definition) is 2. The maximum absolute atomic E-state index is 13.4. The summed E-state index contributed by atoms with van der Waals surface area (Å²) in [5.41, 5.74) is 1.91. The Morgan fingerprint density at radius 1 is 1.20 bits per heavy atom. The van der Waals surface area contributed by atoms with Crippen LogP contribution in [0.15, 0.2) is 51.8 Å². The van der Waals surface area contributed by atoms with Gasteiger partial charge in [-0.1, -0.05) is 29.8 Å². The van der Waals surface area contributed by atoms with Crippen LogP contribution in [0.25, 0.3) is 0 Å². The standard InChI is InChI=1S/C14H13BrFNO2S/c1-10-3-2-4-11(7-10)9-17-20(18,19)12-5-6-13(15)14(16)8-12/h2-8,17H,9H2,1H3. The van der Waals surface area contributed by atoms with Crippen molar-refractivity contribution >= 4 is 26.0 Å². The van der Waals surface area contributed by atoms with Crippen LogP contribution < -0.4 is 4.72 Å². The number of nitrogens with one attached hydrogen (secondary N) is 1. The van der Waals surface area contributed by atoms with E-state index in [1.165, 1.54) is 12.1 Å². The lowest BCUT2D eigenvalue weighted by Gasteiger charge is -2.08. The fourth-order valence-corrected chi connectivity index (χ4v) is 3.00. The molecule has 3 nitrogen and oxygen atoms in total. The molecule has 0 aromatic heterocycles. The van der Waals surface area contributed by atoms with Crippen molar-refractivity contribution in [2.75, 3.05) is 0 Å². The predicted molar refractivity (Wildman–Crippen MR) is 79.3 cm³/mol. The van der Waals surface area contributed by atoms with Gasteiger partial charge in [-0.2, -0.15) is 0 Å². The highest BCUT2D eigenvalue weighted by Crippen LogP contribution is 2.19. The monoisotopic (exact) mass is 357 g/mol. The van der Waals surface area contributed by atoms with Crippen LogP contribution in [-0.2, 0) is 16.6 Å². The van der Waals surface area contributed by atoms with E-state index in [2.05, 4.69) is 20.7 Å². The molecule has 0 aliphatic rings. The van der Waals surface area contributed by atoms with Crippen LogP contribution in [0.4, 0.5) is 4.39 Å². The van der Waals surface area contributed by atoms with Gasteiger partial charge in [-0.05, 0) is 46.6 Å². The van der Waals surface area contributed by atoms with Crippen molar-refractivity contribution in [3.05, 3.63) is 63.9 Å². The van der Waals surface area contributed by atoms with E-state index in [1.54, 1.807) is 0 Å². The van der Waals surface area contributed by atoms with Crippen LogP contribution >= 0.6 is 15.9 Å². The number of halogens is 2. The van der Waals surface area contributed by atoms with Crippen molar-refractivity contribution in [2.24, 2.45) is 0 Å². The molecule has 0 saturated carbocycles. The molecule has 1 N–H and O–H groups in total. The van der Waals surface area contributed by atoms with Crippen molar-refractivity contribution in [1.82, 2.24) is 4.72 Å². The summed E-state index contributed by atoms with van der Waals surface area (Å²) in [6.45, 7) is 2.10. The van der Waals surface area contributed by atoms with E-state index in [0.29, 0.717) is 0 Å². The molecule has 0 atom stereocenters. The second-order valence-corrected chi connectivity index (χ2v) is 7.01. The highest BCUT2D eigenvalue weighted by atomic mass is 79.9. The third-order valence-corrected chi connectivity index (χ3v) is 4.79. The van der Waals surface area contributed by atoms with Gasteiger partial charge in [0.25, 0.3) is 0 Å². The van der Waals surface area contributed by atoms with Gasteiger partial charge in [0.1, 0.15) is 5.82 Å². The molecule has 106 valence electrons. The molecule has 0 fully saturated rings. The minimum atomic E-state index is -3.72. The van der Waals surface area contributed by atoms with E-state index in [0.717, 1.165) is 17.2 Å². The summed E-state index contributed by atoms with van der Waals surface area (Å²) in [4.78, 5) is -0.0918. The molecule has 2 rings (SSSR count). The second-order valence-electron chi connectivity index (χ2n) is 4.39. The lowest BCUT2D eigenvalue weighted by Crippen LogP contribution is -2.23. The molecule has 0 amide bonds. The largest absolute Gasteiger partial charge is 0.240 e. The highest BCUT2D eigenvalue weighted by molar-refractivity contribution is 9.10. The summed E-state index contributed by atoms with van der Waals surface area (Å²) in [6, 6.07) is 11.2. The Balaban J connectivity index is 2.17. The lowest BCUT2D eigenvalue weighted by atomic mass is 10.1. The molecular formula is C14H13BrFNO2S. The molecule has 0 spiro atoms. The first kappa shape index (κ1) is 15.2. The minimum Gasteiger partial charge on any atom is -0.207 e. The zero-order valence-electron chi connectivity index (χ0n) is 10.7. The first-order valence-electron chi connectivity index (χ1n) is 5.89. The van der Waals surface area contributed by atoms with Gasteiger partial charge in [0.2, 0.25) is 10.0 Å². The first-order chi connectivity index (χ1) is 9.38. The fourth-order valence-electron chi connectivity index (χ4n) is 1.73. The number of hydrogen-bond donors (Lipinski definition) is 1. The lowest BCUT2D eigenvalue weighted by molar-refractivity contribution is 0.576. The quantitative estimate of drug-likeness (QED) is 0.911. The molecule has 0 aliphatic heterocycles. The summed E-state index contributed by atoms with van der Waals surface area (Å²) in [7, 11) is -3.72. The Morgan fingerprint density at radius 3 is 2.60 bits per heavy atom. The zero-order valence-corrected chi connectivity index (χ0v) is 13.1.